The molecule has 2 amide bonds. The average molecular weight is 562 g/mol. The van der Waals surface area contributed by atoms with Gasteiger partial charge in [-0.2, -0.15) is 13.2 Å². The Morgan fingerprint density at radius 3 is 2.32 bits per heavy atom. The first-order chi connectivity index (χ1) is 17.2. The smallest absolute Gasteiger partial charge is 0.354 e. The van der Waals surface area contributed by atoms with E-state index in [1.807, 2.05) is 26.0 Å². The number of hydrogen-bond acceptors (Lipinski definition) is 4. The molecule has 2 aromatic carbocycles. The van der Waals surface area contributed by atoms with E-state index in [-0.39, 0.29) is 18.0 Å². The van der Waals surface area contributed by atoms with Gasteiger partial charge in [0.05, 0.1) is 22.5 Å². The van der Waals surface area contributed by atoms with Crippen LogP contribution in [0.2, 0.25) is 5.02 Å². The Labute approximate surface area is 220 Å². The van der Waals surface area contributed by atoms with Gasteiger partial charge in [-0.1, -0.05) is 55.3 Å². The molecule has 0 unspecified atom stereocenters. The Hall–Kier alpha value is -2.79. The van der Waals surface area contributed by atoms with E-state index >= 15 is 0 Å². The van der Waals surface area contributed by atoms with Crippen LogP contribution in [0.3, 0.4) is 0 Å². The molecule has 1 atom stereocenters. The SMILES string of the molecule is CCCNC(=O)[C@H](CC)N(Cc1cccc(C)c1)C(=O)CN(c1cc(C(F)(F)F)ccc1Cl)S(C)(=O)=O. The molecule has 0 fully saturated rings. The minimum Gasteiger partial charge on any atom is -0.354 e. The van der Waals surface area contributed by atoms with Crippen LogP contribution in [0.25, 0.3) is 0 Å². The summed E-state index contributed by atoms with van der Waals surface area (Å²) in [4.78, 5) is 27.8. The standard InChI is InChI=1S/C25H31ClF3N3O4S/c1-5-12-30-24(34)21(6-2)31(15-18-9-7-8-17(3)13-18)23(33)16-32(37(4,35)36)22-14-19(25(27,28)29)10-11-20(22)26/h7-11,13-14,21H,5-6,12,15-16H2,1-4H3,(H,30,34)/t21-/m0/s1. The highest BCUT2D eigenvalue weighted by Gasteiger charge is 2.35. The molecule has 12 heteroatoms. The van der Waals surface area contributed by atoms with Gasteiger partial charge in [-0.15, -0.1) is 0 Å². The molecule has 0 bridgehead atoms. The molecule has 204 valence electrons. The summed E-state index contributed by atoms with van der Waals surface area (Å²) in [6, 6.07) is 8.56. The molecule has 37 heavy (non-hydrogen) atoms. The molecule has 0 saturated heterocycles. The van der Waals surface area contributed by atoms with Gasteiger partial charge in [-0.3, -0.25) is 13.9 Å². The largest absolute Gasteiger partial charge is 0.416 e. The zero-order valence-corrected chi connectivity index (χ0v) is 22.7. The molecular weight excluding hydrogens is 531 g/mol. The molecule has 0 heterocycles. The highest BCUT2D eigenvalue weighted by molar-refractivity contribution is 7.92. The van der Waals surface area contributed by atoms with E-state index in [4.69, 9.17) is 11.6 Å². The van der Waals surface area contributed by atoms with E-state index in [0.717, 1.165) is 24.0 Å². The van der Waals surface area contributed by atoms with Gasteiger partial charge in [0, 0.05) is 13.1 Å². The summed E-state index contributed by atoms with van der Waals surface area (Å²) in [5.74, 6) is -1.17. The number of anilines is 1. The summed E-state index contributed by atoms with van der Waals surface area (Å²) in [7, 11) is -4.24. The maximum atomic E-state index is 13.6. The molecule has 0 radical (unpaired) electrons. The molecule has 7 nitrogen and oxygen atoms in total. The van der Waals surface area contributed by atoms with Gasteiger partial charge in [0.15, 0.2) is 0 Å². The number of halogens is 4. The van der Waals surface area contributed by atoms with Crippen molar-refractivity contribution in [2.24, 2.45) is 0 Å². The van der Waals surface area contributed by atoms with Gasteiger partial charge in [0.1, 0.15) is 12.6 Å². The second kappa shape index (κ2) is 12.6. The predicted molar refractivity (Wildman–Crippen MR) is 138 cm³/mol. The Bertz CT molecular complexity index is 1220. The molecule has 2 rings (SSSR count). The lowest BCUT2D eigenvalue weighted by atomic mass is 10.1. The topological polar surface area (TPSA) is 86.8 Å². The van der Waals surface area contributed by atoms with Gasteiger partial charge in [-0.25, -0.2) is 8.42 Å². The number of benzene rings is 2. The van der Waals surface area contributed by atoms with Crippen LogP contribution in [0, 0.1) is 6.92 Å². The Morgan fingerprint density at radius 1 is 1.11 bits per heavy atom. The lowest BCUT2D eigenvalue weighted by Gasteiger charge is -2.33. The second-order valence-electron chi connectivity index (χ2n) is 8.66. The molecular formula is C25H31ClF3N3O4S. The molecule has 2 aromatic rings. The summed E-state index contributed by atoms with van der Waals surface area (Å²) < 4.78 is 65.9. The molecule has 0 aromatic heterocycles. The second-order valence-corrected chi connectivity index (χ2v) is 11.0. The zero-order valence-electron chi connectivity index (χ0n) is 21.1. The lowest BCUT2D eigenvalue weighted by Crippen LogP contribution is -2.52. The third kappa shape index (κ3) is 8.36. The number of amides is 2. The Kier molecular flexibility index (Phi) is 10.4. The Morgan fingerprint density at radius 2 is 1.78 bits per heavy atom. The summed E-state index contributed by atoms with van der Waals surface area (Å²) in [6.07, 6.45) is -3.08. The lowest BCUT2D eigenvalue weighted by molar-refractivity contribution is -0.140. The number of carbonyl (C=O) groups is 2. The highest BCUT2D eigenvalue weighted by atomic mass is 35.5. The number of sulfonamides is 1. The maximum Gasteiger partial charge on any atom is 0.416 e. The van der Waals surface area contributed by atoms with Crippen LogP contribution >= 0.6 is 11.6 Å². The van der Waals surface area contributed by atoms with E-state index in [1.54, 1.807) is 19.1 Å². The maximum absolute atomic E-state index is 13.6. The van der Waals surface area contributed by atoms with Crippen molar-refractivity contribution in [2.75, 3.05) is 23.7 Å². The van der Waals surface area contributed by atoms with Gasteiger partial charge in [0.2, 0.25) is 21.8 Å². The van der Waals surface area contributed by atoms with Crippen molar-refractivity contribution in [3.8, 4) is 0 Å². The van der Waals surface area contributed by atoms with Gasteiger partial charge >= 0.3 is 6.18 Å². The minimum atomic E-state index is -4.76. The number of alkyl halides is 3. The number of hydrogen-bond donors (Lipinski definition) is 1. The van der Waals surface area contributed by atoms with Crippen molar-refractivity contribution in [2.45, 2.75) is 52.4 Å². The number of nitrogens with zero attached hydrogens (tertiary/aromatic N) is 2. The fourth-order valence-corrected chi connectivity index (χ4v) is 4.89. The number of nitrogens with one attached hydrogen (secondary N) is 1. The first kappa shape index (κ1) is 30.4. The number of aryl methyl sites for hydroxylation is 1. The highest BCUT2D eigenvalue weighted by Crippen LogP contribution is 2.36. The third-order valence-electron chi connectivity index (χ3n) is 5.59. The monoisotopic (exact) mass is 561 g/mol. The molecule has 0 aliphatic rings. The van der Waals surface area contributed by atoms with Crippen LogP contribution in [0.1, 0.15) is 43.4 Å². The van der Waals surface area contributed by atoms with E-state index in [9.17, 15) is 31.2 Å². The first-order valence-corrected chi connectivity index (χ1v) is 13.9. The van der Waals surface area contributed by atoms with Gasteiger partial charge in [0.25, 0.3) is 0 Å². The van der Waals surface area contributed by atoms with Crippen LogP contribution in [0.15, 0.2) is 42.5 Å². The molecule has 0 spiro atoms. The predicted octanol–water partition coefficient (Wildman–Crippen LogP) is 4.77. The van der Waals surface area contributed by atoms with Crippen LogP contribution in [0.5, 0.6) is 0 Å². The zero-order chi connectivity index (χ0) is 28.0. The first-order valence-electron chi connectivity index (χ1n) is 11.7. The van der Waals surface area contributed by atoms with Crippen molar-refractivity contribution in [3.05, 3.63) is 64.2 Å². The van der Waals surface area contributed by atoms with Crippen molar-refractivity contribution in [3.63, 3.8) is 0 Å². The summed E-state index contributed by atoms with van der Waals surface area (Å²) in [6.45, 7) is 4.99. The van der Waals surface area contributed by atoms with Crippen molar-refractivity contribution in [1.29, 1.82) is 0 Å². The summed E-state index contributed by atoms with van der Waals surface area (Å²) >= 11 is 6.09. The number of carbonyl (C=O) groups excluding carboxylic acids is 2. The molecule has 0 saturated carbocycles. The third-order valence-corrected chi connectivity index (χ3v) is 7.04. The average Bonchev–Trinajstić information content (AvgIpc) is 2.80. The van der Waals surface area contributed by atoms with E-state index in [2.05, 4.69) is 5.32 Å². The molecule has 1 N–H and O–H groups in total. The van der Waals surface area contributed by atoms with Crippen molar-refractivity contribution >= 4 is 39.1 Å². The fraction of sp³-hybridized carbons (Fsp3) is 0.440. The Balaban J connectivity index is 2.53. The van der Waals surface area contributed by atoms with Crippen molar-refractivity contribution < 1.29 is 31.2 Å². The van der Waals surface area contributed by atoms with Gasteiger partial charge < -0.3 is 10.2 Å². The van der Waals surface area contributed by atoms with E-state index < -0.39 is 51.9 Å². The van der Waals surface area contributed by atoms with E-state index in [0.29, 0.717) is 28.9 Å². The van der Waals surface area contributed by atoms with Gasteiger partial charge in [-0.05, 0) is 43.5 Å². The molecule has 0 aliphatic heterocycles. The minimum absolute atomic E-state index is 0.00745. The summed E-state index contributed by atoms with van der Waals surface area (Å²) in [5, 5.41) is 2.48. The normalized spacial score (nSPS) is 12.6. The summed E-state index contributed by atoms with van der Waals surface area (Å²) in [5.41, 5.74) is 0.0290. The van der Waals surface area contributed by atoms with E-state index in [1.165, 1.54) is 4.90 Å². The fourth-order valence-electron chi connectivity index (χ4n) is 3.77. The quantitative estimate of drug-likeness (QED) is 0.428. The van der Waals surface area contributed by atoms with Crippen LogP contribution < -0.4 is 9.62 Å². The van der Waals surface area contributed by atoms with Crippen LogP contribution in [0.4, 0.5) is 18.9 Å². The van der Waals surface area contributed by atoms with Crippen LogP contribution in [-0.2, 0) is 32.3 Å². The number of rotatable bonds is 11. The molecule has 0 aliphatic carbocycles. The van der Waals surface area contributed by atoms with Crippen LogP contribution in [-0.4, -0.2) is 50.5 Å². The van der Waals surface area contributed by atoms with Crippen molar-refractivity contribution in [1.82, 2.24) is 10.2 Å².